The van der Waals surface area contributed by atoms with Crippen LogP contribution in [0.15, 0.2) is 48.7 Å². The van der Waals surface area contributed by atoms with E-state index in [1.54, 1.807) is 13.2 Å². The van der Waals surface area contributed by atoms with Crippen molar-refractivity contribution in [3.05, 3.63) is 54.4 Å². The maximum Gasteiger partial charge on any atom is 0.270 e. The highest BCUT2D eigenvalue weighted by molar-refractivity contribution is 5.98. The molecule has 0 fully saturated rings. The van der Waals surface area contributed by atoms with Gasteiger partial charge in [-0.1, -0.05) is 43.3 Å². The zero-order valence-electron chi connectivity index (χ0n) is 14.1. The molecule has 0 aliphatic heterocycles. The van der Waals surface area contributed by atoms with Gasteiger partial charge in [-0.25, -0.2) is 0 Å². The Hall–Kier alpha value is -2.69. The molecule has 0 radical (unpaired) electrons. The highest BCUT2D eigenvalue weighted by Gasteiger charge is 2.14. The number of hydrogen-bond acceptors (Lipinski definition) is 3. The van der Waals surface area contributed by atoms with Gasteiger partial charge >= 0.3 is 0 Å². The van der Waals surface area contributed by atoms with Crippen LogP contribution in [0.5, 0.6) is 0 Å². The number of nitrogens with zero attached hydrogens (tertiary/aromatic N) is 1. The number of amides is 2. The number of pyridine rings is 1. The molecule has 24 heavy (non-hydrogen) atoms. The van der Waals surface area contributed by atoms with Gasteiger partial charge in [0.2, 0.25) is 5.91 Å². The van der Waals surface area contributed by atoms with Crippen LogP contribution in [0, 0.1) is 5.92 Å². The van der Waals surface area contributed by atoms with Gasteiger partial charge in [-0.15, -0.1) is 0 Å². The van der Waals surface area contributed by atoms with E-state index in [0.29, 0.717) is 12.2 Å². The van der Waals surface area contributed by atoms with Gasteiger partial charge in [0, 0.05) is 31.3 Å². The molecule has 1 aromatic heterocycles. The minimum absolute atomic E-state index is 0.0254. The highest BCUT2D eigenvalue weighted by Crippen LogP contribution is 2.21. The topological polar surface area (TPSA) is 71.1 Å². The molecule has 5 nitrogen and oxygen atoms in total. The number of aromatic nitrogens is 1. The van der Waals surface area contributed by atoms with Crippen molar-refractivity contribution in [1.82, 2.24) is 15.6 Å². The van der Waals surface area contributed by atoms with Gasteiger partial charge in [0.25, 0.3) is 5.91 Å². The molecule has 2 amide bonds. The maximum absolute atomic E-state index is 12.4. The Morgan fingerprint density at radius 2 is 1.88 bits per heavy atom. The van der Waals surface area contributed by atoms with Gasteiger partial charge in [0.1, 0.15) is 5.69 Å². The van der Waals surface area contributed by atoms with Crippen LogP contribution in [0.3, 0.4) is 0 Å². The van der Waals surface area contributed by atoms with Crippen LogP contribution in [0.25, 0.3) is 11.1 Å². The Balaban J connectivity index is 1.95. The van der Waals surface area contributed by atoms with E-state index in [9.17, 15) is 9.59 Å². The van der Waals surface area contributed by atoms with Crippen molar-refractivity contribution >= 4 is 11.8 Å². The first kappa shape index (κ1) is 17.7. The van der Waals surface area contributed by atoms with E-state index in [1.807, 2.05) is 49.4 Å². The van der Waals surface area contributed by atoms with E-state index in [2.05, 4.69) is 15.6 Å². The normalized spacial score (nSPS) is 11.6. The molecule has 2 N–H and O–H groups in total. The third kappa shape index (κ3) is 4.65. The average Bonchev–Trinajstić information content (AvgIpc) is 2.64. The second-order valence-corrected chi connectivity index (χ2v) is 5.68. The van der Waals surface area contributed by atoms with Crippen LogP contribution < -0.4 is 10.6 Å². The molecule has 1 aromatic carbocycles. The summed E-state index contributed by atoms with van der Waals surface area (Å²) in [5, 5.41) is 5.52. The van der Waals surface area contributed by atoms with Crippen molar-refractivity contribution in [3.63, 3.8) is 0 Å². The van der Waals surface area contributed by atoms with Crippen LogP contribution >= 0.6 is 0 Å². The van der Waals surface area contributed by atoms with E-state index in [4.69, 9.17) is 0 Å². The van der Waals surface area contributed by atoms with Crippen molar-refractivity contribution in [2.24, 2.45) is 5.92 Å². The number of carbonyl (C=O) groups excluding carboxylic acids is 2. The Kier molecular flexibility index (Phi) is 6.49. The molecule has 2 aromatic rings. The molecule has 0 saturated carbocycles. The molecule has 0 unspecified atom stereocenters. The van der Waals surface area contributed by atoms with Crippen molar-refractivity contribution in [1.29, 1.82) is 0 Å². The molecule has 0 aliphatic carbocycles. The summed E-state index contributed by atoms with van der Waals surface area (Å²) in [4.78, 5) is 28.1. The van der Waals surface area contributed by atoms with Crippen molar-refractivity contribution in [2.45, 2.75) is 19.8 Å². The predicted molar refractivity (Wildman–Crippen MR) is 94.5 cm³/mol. The van der Waals surface area contributed by atoms with E-state index in [0.717, 1.165) is 24.0 Å². The molecule has 0 spiro atoms. The van der Waals surface area contributed by atoms with E-state index in [-0.39, 0.29) is 17.7 Å². The average molecular weight is 325 g/mol. The Morgan fingerprint density at radius 1 is 1.12 bits per heavy atom. The number of nitrogens with one attached hydrogen (secondary N) is 2. The minimum atomic E-state index is -0.193. The lowest BCUT2D eigenvalue weighted by molar-refractivity contribution is -0.124. The minimum Gasteiger partial charge on any atom is -0.359 e. The summed E-state index contributed by atoms with van der Waals surface area (Å²) in [7, 11) is 1.63. The number of benzene rings is 1. The predicted octanol–water partition coefficient (Wildman–Crippen LogP) is 2.64. The summed E-state index contributed by atoms with van der Waals surface area (Å²) in [6.45, 7) is 2.40. The second kappa shape index (κ2) is 8.82. The van der Waals surface area contributed by atoms with Crippen LogP contribution in [0.2, 0.25) is 0 Å². The first-order chi connectivity index (χ1) is 11.6. The van der Waals surface area contributed by atoms with E-state index >= 15 is 0 Å². The second-order valence-electron chi connectivity index (χ2n) is 5.68. The van der Waals surface area contributed by atoms with Crippen LogP contribution in [0.1, 0.15) is 30.3 Å². The van der Waals surface area contributed by atoms with E-state index in [1.165, 1.54) is 0 Å². The third-order valence-electron chi connectivity index (χ3n) is 3.90. The van der Waals surface area contributed by atoms with Crippen molar-refractivity contribution < 1.29 is 9.59 Å². The Morgan fingerprint density at radius 3 is 2.58 bits per heavy atom. The molecule has 5 heteroatoms. The fraction of sp³-hybridized carbons (Fsp3) is 0.316. The van der Waals surface area contributed by atoms with Gasteiger partial charge in [-0.2, -0.15) is 0 Å². The molecular weight excluding hydrogens is 302 g/mol. The summed E-state index contributed by atoms with van der Waals surface area (Å²) in [6.07, 6.45) is 3.09. The largest absolute Gasteiger partial charge is 0.359 e. The zero-order valence-corrected chi connectivity index (χ0v) is 14.1. The van der Waals surface area contributed by atoms with Gasteiger partial charge in [-0.05, 0) is 24.5 Å². The van der Waals surface area contributed by atoms with Crippen molar-refractivity contribution in [3.8, 4) is 11.1 Å². The smallest absolute Gasteiger partial charge is 0.270 e. The fourth-order valence-corrected chi connectivity index (χ4v) is 2.51. The first-order valence-corrected chi connectivity index (χ1v) is 8.13. The highest BCUT2D eigenvalue weighted by atomic mass is 16.2. The molecule has 1 heterocycles. The summed E-state index contributed by atoms with van der Waals surface area (Å²) in [5.41, 5.74) is 2.20. The standard InChI is InChI=1S/C19H23N3O2/c1-14(18(23)20-2)8-6-13-22-19(24)17-16(11-7-12-21-17)15-9-4-3-5-10-15/h3-5,7,9-12,14H,6,8,13H2,1-2H3,(H,20,23)(H,22,24)/t14-/m0/s1. The number of hydrogen-bond donors (Lipinski definition) is 2. The lowest BCUT2D eigenvalue weighted by atomic mass is 10.0. The van der Waals surface area contributed by atoms with Gasteiger partial charge in [0.05, 0.1) is 0 Å². The SMILES string of the molecule is CNC(=O)[C@@H](C)CCCNC(=O)c1ncccc1-c1ccccc1. The maximum atomic E-state index is 12.4. The molecule has 126 valence electrons. The fourth-order valence-electron chi connectivity index (χ4n) is 2.51. The lowest BCUT2D eigenvalue weighted by Gasteiger charge is -2.11. The summed E-state index contributed by atoms with van der Waals surface area (Å²) >= 11 is 0. The van der Waals surface area contributed by atoms with Crippen LogP contribution in [0.4, 0.5) is 0 Å². The number of rotatable bonds is 7. The van der Waals surface area contributed by atoms with Crippen molar-refractivity contribution in [2.75, 3.05) is 13.6 Å². The van der Waals surface area contributed by atoms with E-state index < -0.39 is 0 Å². The Bertz CT molecular complexity index is 686. The third-order valence-corrected chi connectivity index (χ3v) is 3.90. The summed E-state index contributed by atoms with van der Waals surface area (Å²) in [5.74, 6) is -0.221. The summed E-state index contributed by atoms with van der Waals surface area (Å²) < 4.78 is 0. The Labute approximate surface area is 142 Å². The lowest BCUT2D eigenvalue weighted by Crippen LogP contribution is -2.28. The molecule has 0 aliphatic rings. The van der Waals surface area contributed by atoms with Gasteiger partial charge in [-0.3, -0.25) is 14.6 Å². The molecule has 0 saturated heterocycles. The zero-order chi connectivity index (χ0) is 17.4. The molecule has 1 atom stereocenters. The molecule has 0 bridgehead atoms. The monoisotopic (exact) mass is 325 g/mol. The van der Waals surface area contributed by atoms with Gasteiger partial charge in [0.15, 0.2) is 0 Å². The van der Waals surface area contributed by atoms with Crippen LogP contribution in [-0.2, 0) is 4.79 Å². The summed E-state index contributed by atoms with van der Waals surface area (Å²) in [6, 6.07) is 13.4. The van der Waals surface area contributed by atoms with Crippen LogP contribution in [-0.4, -0.2) is 30.4 Å². The first-order valence-electron chi connectivity index (χ1n) is 8.13. The quantitative estimate of drug-likeness (QED) is 0.769. The van der Waals surface area contributed by atoms with Gasteiger partial charge < -0.3 is 10.6 Å². The molecule has 2 rings (SSSR count). The number of carbonyl (C=O) groups is 2. The molecular formula is C19H23N3O2.